The topological polar surface area (TPSA) is 84.2 Å². The summed E-state index contributed by atoms with van der Waals surface area (Å²) in [5, 5.41) is 5.64. The van der Waals surface area contributed by atoms with Crippen molar-refractivity contribution >= 4 is 11.8 Å². The Kier molecular flexibility index (Phi) is 6.69. The van der Waals surface area contributed by atoms with E-state index in [9.17, 15) is 27.2 Å². The first kappa shape index (κ1) is 22.5. The summed E-state index contributed by atoms with van der Waals surface area (Å²) in [6, 6.07) is 1.85. The lowest BCUT2D eigenvalue weighted by molar-refractivity contribution is -0.137. The second-order valence-electron chi connectivity index (χ2n) is 8.49. The molecule has 1 aromatic rings. The molecule has 0 unspecified atom stereocenters. The van der Waals surface area contributed by atoms with Crippen molar-refractivity contribution in [2.75, 3.05) is 6.54 Å². The highest BCUT2D eigenvalue weighted by Crippen LogP contribution is 2.31. The minimum absolute atomic E-state index is 0.0445. The van der Waals surface area contributed by atoms with Crippen LogP contribution in [0.1, 0.15) is 67.3 Å². The van der Waals surface area contributed by atoms with Gasteiger partial charge in [-0.15, -0.1) is 0 Å². The molecule has 2 amide bonds. The fraction of sp³-hybridized carbons (Fsp3) is 0.619. The van der Waals surface area contributed by atoms with Gasteiger partial charge in [0, 0.05) is 18.2 Å². The highest BCUT2D eigenvalue weighted by molar-refractivity contribution is 5.94. The van der Waals surface area contributed by atoms with Gasteiger partial charge >= 0.3 is 6.18 Å². The number of hydrogen-bond acceptors (Lipinski definition) is 3. The van der Waals surface area contributed by atoms with E-state index >= 15 is 0 Å². The molecular formula is C21H27F4N3O2. The molecule has 0 atom stereocenters. The number of rotatable bonds is 5. The van der Waals surface area contributed by atoms with Gasteiger partial charge in [0.2, 0.25) is 5.91 Å². The number of hydrogen-bond donors (Lipinski definition) is 3. The van der Waals surface area contributed by atoms with Crippen LogP contribution in [-0.2, 0) is 11.0 Å². The van der Waals surface area contributed by atoms with Crippen molar-refractivity contribution < 1.29 is 27.2 Å². The lowest BCUT2D eigenvalue weighted by atomic mass is 9.85. The van der Waals surface area contributed by atoms with Gasteiger partial charge in [0.25, 0.3) is 5.91 Å². The maximum atomic E-state index is 13.5. The Labute approximate surface area is 172 Å². The molecule has 0 spiro atoms. The van der Waals surface area contributed by atoms with Gasteiger partial charge in [-0.25, -0.2) is 4.39 Å². The Bertz CT molecular complexity index is 783. The summed E-state index contributed by atoms with van der Waals surface area (Å²) in [4.78, 5) is 24.6. The molecule has 1 aromatic carbocycles. The van der Waals surface area contributed by atoms with Crippen LogP contribution in [0.4, 0.5) is 17.6 Å². The Morgan fingerprint density at radius 3 is 2.30 bits per heavy atom. The molecule has 30 heavy (non-hydrogen) atoms. The third-order valence-corrected chi connectivity index (χ3v) is 6.17. The standard InChI is InChI=1S/C21H27F4N3O2/c22-16-10-14(9-15(11-16)21(23,24)25)18(29)27-12-13-3-5-17(6-4-13)28-19(30)20(26)7-1-2-8-20/h9-11,13,17H,1-8,12,26H2,(H,27,29)(H,28,30)/t13-,17+. The van der Waals surface area contributed by atoms with Crippen molar-refractivity contribution in [2.24, 2.45) is 11.7 Å². The van der Waals surface area contributed by atoms with E-state index in [4.69, 9.17) is 5.73 Å². The molecule has 0 saturated heterocycles. The average molecular weight is 429 g/mol. The average Bonchev–Trinajstić information content (AvgIpc) is 3.14. The van der Waals surface area contributed by atoms with Gasteiger partial charge in [0.05, 0.1) is 11.1 Å². The van der Waals surface area contributed by atoms with E-state index in [2.05, 4.69) is 10.6 Å². The van der Waals surface area contributed by atoms with Crippen LogP contribution in [0.5, 0.6) is 0 Å². The predicted molar refractivity (Wildman–Crippen MR) is 103 cm³/mol. The fourth-order valence-corrected chi connectivity index (χ4v) is 4.30. The number of carbonyl (C=O) groups is 2. The smallest absolute Gasteiger partial charge is 0.352 e. The third-order valence-electron chi connectivity index (χ3n) is 6.17. The van der Waals surface area contributed by atoms with Crippen LogP contribution in [0.15, 0.2) is 18.2 Å². The minimum atomic E-state index is -4.72. The molecule has 166 valence electrons. The van der Waals surface area contributed by atoms with Crippen molar-refractivity contribution in [1.29, 1.82) is 0 Å². The Morgan fingerprint density at radius 2 is 1.70 bits per heavy atom. The third kappa shape index (κ3) is 5.50. The number of halogens is 4. The molecule has 0 heterocycles. The molecule has 9 heteroatoms. The van der Waals surface area contributed by atoms with Crippen LogP contribution in [0.3, 0.4) is 0 Å². The molecule has 2 aliphatic carbocycles. The van der Waals surface area contributed by atoms with Gasteiger partial charge in [-0.1, -0.05) is 12.8 Å². The first-order valence-corrected chi connectivity index (χ1v) is 10.3. The van der Waals surface area contributed by atoms with Crippen molar-refractivity contribution in [3.05, 3.63) is 35.1 Å². The summed E-state index contributed by atoms with van der Waals surface area (Å²) in [5.74, 6) is -1.78. The van der Waals surface area contributed by atoms with Crippen molar-refractivity contribution in [3.63, 3.8) is 0 Å². The molecule has 3 rings (SSSR count). The number of amides is 2. The quantitative estimate of drug-likeness (QED) is 0.627. The van der Waals surface area contributed by atoms with Crippen molar-refractivity contribution in [3.8, 4) is 0 Å². The second kappa shape index (κ2) is 8.91. The fourth-order valence-electron chi connectivity index (χ4n) is 4.30. The second-order valence-corrected chi connectivity index (χ2v) is 8.49. The molecule has 2 saturated carbocycles. The van der Waals surface area contributed by atoms with Crippen LogP contribution in [0.2, 0.25) is 0 Å². The van der Waals surface area contributed by atoms with Crippen LogP contribution in [0.25, 0.3) is 0 Å². The summed E-state index contributed by atoms with van der Waals surface area (Å²) in [5.41, 5.74) is 3.87. The van der Waals surface area contributed by atoms with E-state index < -0.39 is 29.0 Å². The zero-order valence-corrected chi connectivity index (χ0v) is 16.7. The first-order chi connectivity index (χ1) is 14.1. The van der Waals surface area contributed by atoms with E-state index in [1.54, 1.807) is 0 Å². The lowest BCUT2D eigenvalue weighted by Crippen LogP contribution is -2.55. The molecule has 0 aromatic heterocycles. The number of benzene rings is 1. The van der Waals surface area contributed by atoms with Crippen LogP contribution in [-0.4, -0.2) is 29.9 Å². The van der Waals surface area contributed by atoms with Crippen LogP contribution in [0, 0.1) is 11.7 Å². The van der Waals surface area contributed by atoms with E-state index in [0.29, 0.717) is 25.0 Å². The Hall–Kier alpha value is -2.16. The summed E-state index contributed by atoms with van der Waals surface area (Å²) in [6.45, 7) is 0.290. The highest BCUT2D eigenvalue weighted by Gasteiger charge is 2.38. The maximum Gasteiger partial charge on any atom is 0.416 e. The molecule has 0 radical (unpaired) electrons. The van der Waals surface area contributed by atoms with Gasteiger partial charge in [-0.05, 0) is 62.6 Å². The lowest BCUT2D eigenvalue weighted by Gasteiger charge is -2.32. The highest BCUT2D eigenvalue weighted by atomic mass is 19.4. The largest absolute Gasteiger partial charge is 0.416 e. The number of carbonyl (C=O) groups excluding carboxylic acids is 2. The van der Waals surface area contributed by atoms with Crippen molar-refractivity contribution in [1.82, 2.24) is 10.6 Å². The van der Waals surface area contributed by atoms with Gasteiger partial charge < -0.3 is 16.4 Å². The molecule has 2 aliphatic rings. The van der Waals surface area contributed by atoms with Crippen LogP contribution < -0.4 is 16.4 Å². The van der Waals surface area contributed by atoms with Gasteiger partial charge in [-0.3, -0.25) is 9.59 Å². The summed E-state index contributed by atoms with van der Waals surface area (Å²) >= 11 is 0. The van der Waals surface area contributed by atoms with Gasteiger partial charge in [0.1, 0.15) is 5.82 Å². The van der Waals surface area contributed by atoms with E-state index in [1.165, 1.54) is 0 Å². The summed E-state index contributed by atoms with van der Waals surface area (Å²) < 4.78 is 51.9. The molecule has 4 N–H and O–H groups in total. The van der Waals surface area contributed by atoms with Gasteiger partial charge in [0.15, 0.2) is 0 Å². The number of nitrogens with two attached hydrogens (primary N) is 1. The normalized spacial score (nSPS) is 23.8. The van der Waals surface area contributed by atoms with E-state index in [1.807, 2.05) is 0 Å². The zero-order valence-electron chi connectivity index (χ0n) is 16.7. The molecule has 0 bridgehead atoms. The molecule has 2 fully saturated rings. The number of nitrogens with one attached hydrogen (secondary N) is 2. The molecular weight excluding hydrogens is 402 g/mol. The summed E-state index contributed by atoms with van der Waals surface area (Å²) in [7, 11) is 0. The zero-order chi connectivity index (χ0) is 21.9. The monoisotopic (exact) mass is 429 g/mol. The van der Waals surface area contributed by atoms with Crippen molar-refractivity contribution in [2.45, 2.75) is 69.1 Å². The summed E-state index contributed by atoms with van der Waals surface area (Å²) in [6.07, 6.45) is 1.64. The molecule has 5 nitrogen and oxygen atoms in total. The molecule has 0 aliphatic heterocycles. The number of alkyl halides is 3. The first-order valence-electron chi connectivity index (χ1n) is 10.3. The van der Waals surface area contributed by atoms with E-state index in [0.717, 1.165) is 44.6 Å². The Balaban J connectivity index is 1.46. The maximum absolute atomic E-state index is 13.5. The Morgan fingerprint density at radius 1 is 1.07 bits per heavy atom. The SMILES string of the molecule is NC1(C(=O)N[C@H]2CC[C@@H](CNC(=O)c3cc(F)cc(C(F)(F)F)c3)CC2)CCCC1. The minimum Gasteiger partial charge on any atom is -0.352 e. The van der Waals surface area contributed by atoms with E-state index in [-0.39, 0.29) is 30.0 Å². The van der Waals surface area contributed by atoms with Crippen LogP contribution >= 0.6 is 0 Å². The predicted octanol–water partition coefficient (Wildman–Crippen LogP) is 3.52. The van der Waals surface area contributed by atoms with Gasteiger partial charge in [-0.2, -0.15) is 13.2 Å².